The Hall–Kier alpha value is -3.14. The molecule has 1 N–H and O–H groups in total. The van der Waals surface area contributed by atoms with Crippen molar-refractivity contribution < 1.29 is 5.11 Å². The molecule has 5 aromatic rings. The summed E-state index contributed by atoms with van der Waals surface area (Å²) in [5.41, 5.74) is 2.31. The summed E-state index contributed by atoms with van der Waals surface area (Å²) in [6.45, 7) is 4.49. The second kappa shape index (κ2) is 8.42. The highest BCUT2D eigenvalue weighted by atomic mass is 35.5. The van der Waals surface area contributed by atoms with Crippen molar-refractivity contribution >= 4 is 51.1 Å². The van der Waals surface area contributed by atoms with Gasteiger partial charge in [0.05, 0.1) is 34.3 Å². The molecule has 0 radical (unpaired) electrons. The van der Waals surface area contributed by atoms with Crippen molar-refractivity contribution in [2.24, 2.45) is 0 Å². The van der Waals surface area contributed by atoms with Gasteiger partial charge in [-0.1, -0.05) is 41.6 Å². The summed E-state index contributed by atoms with van der Waals surface area (Å²) in [7, 11) is 0. The van der Waals surface area contributed by atoms with Crippen LogP contribution in [0.3, 0.4) is 0 Å². The number of aromatic nitrogens is 6. The van der Waals surface area contributed by atoms with Crippen LogP contribution in [0, 0.1) is 0 Å². The lowest BCUT2D eigenvalue weighted by Gasteiger charge is -2.10. The molecule has 10 heteroatoms. The number of hydrogen-bond donors (Lipinski definition) is 1. The molecular weight excluding hydrogens is 448 g/mol. The number of imidazole rings is 1. The van der Waals surface area contributed by atoms with Crippen molar-refractivity contribution in [1.29, 1.82) is 0 Å². The van der Waals surface area contributed by atoms with Gasteiger partial charge in [-0.3, -0.25) is 13.8 Å². The number of nitrogens with zero attached hydrogens (tertiary/aromatic N) is 6. The average molecular weight is 467 g/mol. The summed E-state index contributed by atoms with van der Waals surface area (Å²) in [4.78, 5) is 17.7. The molecule has 3 heterocycles. The number of benzene rings is 2. The van der Waals surface area contributed by atoms with Crippen molar-refractivity contribution in [2.75, 3.05) is 6.61 Å². The van der Waals surface area contributed by atoms with Crippen LogP contribution in [0.5, 0.6) is 0 Å². The molecule has 0 spiro atoms. The van der Waals surface area contributed by atoms with Crippen LogP contribution in [-0.2, 0) is 18.8 Å². The monoisotopic (exact) mass is 466 g/mol. The van der Waals surface area contributed by atoms with E-state index in [4.69, 9.17) is 16.6 Å². The van der Waals surface area contributed by atoms with E-state index >= 15 is 0 Å². The molecule has 0 aliphatic rings. The van der Waals surface area contributed by atoms with E-state index in [2.05, 4.69) is 16.8 Å². The predicted octanol–water partition coefficient (Wildman–Crippen LogP) is 3.52. The second-order valence-corrected chi connectivity index (χ2v) is 8.54. The first kappa shape index (κ1) is 20.7. The molecule has 0 fully saturated rings. The maximum atomic E-state index is 12.9. The van der Waals surface area contributed by atoms with Crippen LogP contribution < -0.4 is 5.56 Å². The van der Waals surface area contributed by atoms with Crippen LogP contribution in [0.4, 0.5) is 0 Å². The lowest BCUT2D eigenvalue weighted by molar-refractivity contribution is 0.276. The number of aliphatic hydroxyl groups excluding tert-OH is 1. The number of halogens is 1. The lowest BCUT2D eigenvalue weighted by atomic mass is 10.2. The normalized spacial score (nSPS) is 11.7. The first-order valence-electron chi connectivity index (χ1n) is 9.98. The number of thioether (sulfide) groups is 1. The summed E-state index contributed by atoms with van der Waals surface area (Å²) in [6, 6.07) is 12.9. The topological polar surface area (TPSA) is 90.2 Å². The Labute approximate surface area is 191 Å². The van der Waals surface area contributed by atoms with Crippen molar-refractivity contribution in [1.82, 2.24) is 28.7 Å². The average Bonchev–Trinajstić information content (AvgIpc) is 3.37. The van der Waals surface area contributed by atoms with Gasteiger partial charge in [-0.2, -0.15) is 0 Å². The molecule has 5 rings (SSSR count). The van der Waals surface area contributed by atoms with Gasteiger partial charge in [0.25, 0.3) is 5.56 Å². The third-order valence-electron chi connectivity index (χ3n) is 5.23. The quantitative estimate of drug-likeness (QED) is 0.291. The molecule has 0 bridgehead atoms. The Morgan fingerprint density at radius 2 is 1.97 bits per heavy atom. The molecule has 0 amide bonds. The molecule has 0 saturated heterocycles. The second-order valence-electron chi connectivity index (χ2n) is 7.16. The fourth-order valence-corrected chi connectivity index (χ4v) is 4.91. The van der Waals surface area contributed by atoms with E-state index in [9.17, 15) is 9.90 Å². The maximum Gasteiger partial charge on any atom is 0.263 e. The summed E-state index contributed by atoms with van der Waals surface area (Å²) in [6.07, 6.45) is 1.67. The number of fused-ring (bicyclic) bond motifs is 4. The van der Waals surface area contributed by atoms with Crippen molar-refractivity contribution in [3.05, 3.63) is 76.3 Å². The van der Waals surface area contributed by atoms with E-state index in [0.717, 1.165) is 22.4 Å². The number of para-hydroxylation sites is 1. The minimum Gasteiger partial charge on any atom is -0.395 e. The molecule has 0 unspecified atom stereocenters. The van der Waals surface area contributed by atoms with E-state index in [0.29, 0.717) is 40.2 Å². The minimum absolute atomic E-state index is 0.0119. The van der Waals surface area contributed by atoms with E-state index in [1.165, 1.54) is 11.8 Å². The molecule has 3 aromatic heterocycles. The van der Waals surface area contributed by atoms with Gasteiger partial charge in [0.1, 0.15) is 5.82 Å². The van der Waals surface area contributed by atoms with E-state index in [-0.39, 0.29) is 12.2 Å². The molecule has 32 heavy (non-hydrogen) atoms. The van der Waals surface area contributed by atoms with Crippen molar-refractivity contribution in [3.8, 4) is 0 Å². The first-order chi connectivity index (χ1) is 15.6. The zero-order chi connectivity index (χ0) is 22.2. The third kappa shape index (κ3) is 3.38. The fraction of sp³-hybridized carbons (Fsp3) is 0.182. The molecule has 0 aliphatic carbocycles. The van der Waals surface area contributed by atoms with Gasteiger partial charge >= 0.3 is 0 Å². The standard InChI is InChI=1S/C22H19ClN6O2S/c1-2-9-28-20(31)15-5-3-4-6-17(15)29-21(28)25-26-22(29)32-13-19-24-16-8-7-14(23)12-18(16)27(19)10-11-30/h2-8,12,30H,1,9-11,13H2. The highest BCUT2D eigenvalue weighted by Crippen LogP contribution is 2.27. The third-order valence-corrected chi connectivity index (χ3v) is 6.39. The van der Waals surface area contributed by atoms with Crippen molar-refractivity contribution in [2.45, 2.75) is 24.0 Å². The van der Waals surface area contributed by atoms with Gasteiger partial charge in [0.15, 0.2) is 5.16 Å². The number of rotatable bonds is 7. The zero-order valence-corrected chi connectivity index (χ0v) is 18.6. The molecular formula is C22H19ClN6O2S. The van der Waals surface area contributed by atoms with E-state index in [1.54, 1.807) is 22.8 Å². The molecule has 2 aromatic carbocycles. The van der Waals surface area contributed by atoms with Gasteiger partial charge in [-0.05, 0) is 30.3 Å². The SMILES string of the molecule is C=CCn1c(=O)c2ccccc2n2c(SCc3nc4ccc(Cl)cc4n3CCO)nnc12. The van der Waals surface area contributed by atoms with Crippen LogP contribution in [-0.4, -0.2) is 40.4 Å². The number of aliphatic hydroxyl groups is 1. The smallest absolute Gasteiger partial charge is 0.263 e. The van der Waals surface area contributed by atoms with Crippen LogP contribution in [0.15, 0.2) is 65.1 Å². The first-order valence-corrected chi connectivity index (χ1v) is 11.3. The van der Waals surface area contributed by atoms with Gasteiger partial charge in [-0.15, -0.1) is 16.8 Å². The zero-order valence-electron chi connectivity index (χ0n) is 17.0. The predicted molar refractivity (Wildman–Crippen MR) is 126 cm³/mol. The van der Waals surface area contributed by atoms with Crippen LogP contribution in [0.2, 0.25) is 5.02 Å². The van der Waals surface area contributed by atoms with Gasteiger partial charge < -0.3 is 9.67 Å². The minimum atomic E-state index is -0.126. The fourth-order valence-electron chi connectivity index (χ4n) is 3.86. The van der Waals surface area contributed by atoms with Crippen LogP contribution in [0.1, 0.15) is 5.82 Å². The molecule has 0 saturated carbocycles. The summed E-state index contributed by atoms with van der Waals surface area (Å²) in [5, 5.41) is 20.1. The Morgan fingerprint density at radius 1 is 1.12 bits per heavy atom. The summed E-state index contributed by atoms with van der Waals surface area (Å²) < 4.78 is 5.42. The van der Waals surface area contributed by atoms with Crippen molar-refractivity contribution in [3.63, 3.8) is 0 Å². The molecule has 162 valence electrons. The Kier molecular flexibility index (Phi) is 5.46. The largest absolute Gasteiger partial charge is 0.395 e. The highest BCUT2D eigenvalue weighted by Gasteiger charge is 2.18. The maximum absolute atomic E-state index is 12.9. The van der Waals surface area contributed by atoms with Crippen LogP contribution >= 0.6 is 23.4 Å². The molecule has 0 atom stereocenters. The van der Waals surface area contributed by atoms with Crippen LogP contribution in [0.25, 0.3) is 27.7 Å². The lowest BCUT2D eigenvalue weighted by Crippen LogP contribution is -2.22. The molecule has 0 aliphatic heterocycles. The van der Waals surface area contributed by atoms with E-state index in [1.807, 2.05) is 39.3 Å². The van der Waals surface area contributed by atoms with Gasteiger partial charge in [-0.25, -0.2) is 4.98 Å². The molecule has 8 nitrogen and oxygen atoms in total. The summed E-state index contributed by atoms with van der Waals surface area (Å²) in [5.74, 6) is 1.76. The number of hydrogen-bond acceptors (Lipinski definition) is 6. The highest BCUT2D eigenvalue weighted by molar-refractivity contribution is 7.98. The number of allylic oxidation sites excluding steroid dienone is 1. The Morgan fingerprint density at radius 3 is 2.78 bits per heavy atom. The Bertz CT molecular complexity index is 1540. The van der Waals surface area contributed by atoms with Gasteiger partial charge in [0, 0.05) is 18.1 Å². The summed E-state index contributed by atoms with van der Waals surface area (Å²) >= 11 is 7.63. The van der Waals surface area contributed by atoms with Gasteiger partial charge in [0.2, 0.25) is 5.78 Å². The Balaban J connectivity index is 1.61. The van der Waals surface area contributed by atoms with E-state index < -0.39 is 0 Å².